The first-order valence-corrected chi connectivity index (χ1v) is 10.0. The second-order valence-corrected chi connectivity index (χ2v) is 7.79. The van der Waals surface area contributed by atoms with Crippen molar-refractivity contribution < 1.29 is 4.39 Å². The molecule has 1 aliphatic carbocycles. The van der Waals surface area contributed by atoms with Gasteiger partial charge in [-0.05, 0) is 66.6 Å². The molecule has 0 atom stereocenters. The van der Waals surface area contributed by atoms with Crippen molar-refractivity contribution in [3.8, 4) is 0 Å². The molecule has 0 heterocycles. The van der Waals surface area contributed by atoms with Crippen molar-refractivity contribution in [3.05, 3.63) is 71.9 Å². The fraction of sp³-hybridized carbons (Fsp3) is 0.250. The van der Waals surface area contributed by atoms with Crippen LogP contribution in [0.4, 0.5) is 10.1 Å². The quantitative estimate of drug-likeness (QED) is 0.324. The molecule has 1 aliphatic rings. The summed E-state index contributed by atoms with van der Waals surface area (Å²) in [6, 6.07) is 16.6. The average molecular weight is 358 g/mol. The van der Waals surface area contributed by atoms with Gasteiger partial charge in [-0.3, -0.25) is 0 Å². The summed E-state index contributed by atoms with van der Waals surface area (Å²) >= 11 is 3.41. The number of rotatable bonds is 6. The maximum atomic E-state index is 12.9. The van der Waals surface area contributed by atoms with E-state index in [1.165, 1.54) is 31.4 Å². The number of hydrogen-bond acceptors (Lipinski definition) is 3. The Balaban J connectivity index is 1.64. The predicted octanol–water partition coefficient (Wildman–Crippen LogP) is 6.70. The molecule has 0 aliphatic heterocycles. The third-order valence-electron chi connectivity index (χ3n) is 3.92. The van der Waals surface area contributed by atoms with E-state index in [4.69, 9.17) is 4.99 Å². The van der Waals surface area contributed by atoms with E-state index in [2.05, 4.69) is 6.08 Å². The first-order chi connectivity index (χ1) is 11.8. The van der Waals surface area contributed by atoms with Gasteiger partial charge in [0.1, 0.15) is 5.82 Å². The van der Waals surface area contributed by atoms with Gasteiger partial charge in [0.15, 0.2) is 0 Å². The van der Waals surface area contributed by atoms with Crippen LogP contribution in [0.5, 0.6) is 0 Å². The van der Waals surface area contributed by atoms with Gasteiger partial charge in [0.05, 0.1) is 10.7 Å². The van der Waals surface area contributed by atoms with E-state index in [0.717, 1.165) is 27.3 Å². The lowest BCUT2D eigenvalue weighted by Gasteiger charge is -2.24. The van der Waals surface area contributed by atoms with Gasteiger partial charge in [-0.25, -0.2) is 9.38 Å². The Morgan fingerprint density at radius 2 is 1.83 bits per heavy atom. The molecule has 1 nitrogen and oxygen atoms in total. The van der Waals surface area contributed by atoms with Crippen LogP contribution in [0.15, 0.2) is 76.0 Å². The van der Waals surface area contributed by atoms with Crippen LogP contribution in [0.25, 0.3) is 0 Å². The van der Waals surface area contributed by atoms with Gasteiger partial charge in [0, 0.05) is 10.6 Å². The molecule has 24 heavy (non-hydrogen) atoms. The minimum absolute atomic E-state index is 0.203. The molecule has 0 radical (unpaired) electrons. The van der Waals surface area contributed by atoms with E-state index in [-0.39, 0.29) is 5.82 Å². The van der Waals surface area contributed by atoms with Gasteiger partial charge in [-0.15, -0.1) is 11.8 Å². The highest BCUT2D eigenvalue weighted by Crippen LogP contribution is 2.31. The zero-order valence-electron chi connectivity index (χ0n) is 13.4. The summed E-state index contributed by atoms with van der Waals surface area (Å²) in [4.78, 5) is 5.78. The molecule has 0 spiro atoms. The van der Waals surface area contributed by atoms with Crippen molar-refractivity contribution in [2.45, 2.75) is 24.2 Å². The zero-order valence-corrected chi connectivity index (χ0v) is 15.0. The first-order valence-electron chi connectivity index (χ1n) is 8.15. The fourth-order valence-electron chi connectivity index (χ4n) is 2.29. The Morgan fingerprint density at radius 1 is 1.08 bits per heavy atom. The number of hydrogen-bond donors (Lipinski definition) is 0. The van der Waals surface area contributed by atoms with Gasteiger partial charge in [0.25, 0.3) is 0 Å². The van der Waals surface area contributed by atoms with Crippen LogP contribution in [0.3, 0.4) is 0 Å². The number of aliphatic imine (C=N–C) groups is 1. The van der Waals surface area contributed by atoms with Gasteiger partial charge >= 0.3 is 0 Å². The molecule has 0 N–H and O–H groups in total. The van der Waals surface area contributed by atoms with Crippen LogP contribution in [-0.4, -0.2) is 10.8 Å². The summed E-state index contributed by atoms with van der Waals surface area (Å²) in [7, 11) is 0. The van der Waals surface area contributed by atoms with Crippen molar-refractivity contribution in [2.75, 3.05) is 5.75 Å². The van der Waals surface area contributed by atoms with Crippen LogP contribution < -0.4 is 0 Å². The summed E-state index contributed by atoms with van der Waals surface area (Å²) in [5, 5.41) is 3.06. The third kappa shape index (κ3) is 5.53. The molecule has 2 aromatic carbocycles. The molecule has 3 rings (SSSR count). The Kier molecular flexibility index (Phi) is 6.56. The van der Waals surface area contributed by atoms with Crippen LogP contribution in [0.2, 0.25) is 0 Å². The summed E-state index contributed by atoms with van der Waals surface area (Å²) in [6.07, 6.45) is 6.12. The molecule has 0 unspecified atom stereocenters. The van der Waals surface area contributed by atoms with E-state index in [9.17, 15) is 4.39 Å². The van der Waals surface area contributed by atoms with Gasteiger partial charge < -0.3 is 0 Å². The Labute approximate surface area is 151 Å². The number of para-hydroxylation sites is 1. The van der Waals surface area contributed by atoms with Crippen molar-refractivity contribution in [1.29, 1.82) is 0 Å². The van der Waals surface area contributed by atoms with Crippen molar-refractivity contribution in [1.82, 2.24) is 0 Å². The van der Waals surface area contributed by atoms with Gasteiger partial charge in [-0.2, -0.15) is 0 Å². The molecule has 0 amide bonds. The highest BCUT2D eigenvalue weighted by Gasteiger charge is 2.17. The predicted molar refractivity (Wildman–Crippen MR) is 105 cm³/mol. The second-order valence-electron chi connectivity index (χ2n) is 5.77. The molecule has 0 bridgehead atoms. The Bertz CT molecular complexity index is 691. The standard InChI is InChI=1S/C20H20FNS2/c21-17-9-11-19(12-10-17)23-14-13-20(24-15-16-5-4-6-16)22-18-7-2-1-3-8-18/h1-3,7-14,16H,4-6,15H2/b14-13+,22-20?. The maximum Gasteiger partial charge on any atom is 0.123 e. The Morgan fingerprint density at radius 3 is 2.50 bits per heavy atom. The average Bonchev–Trinajstić information content (AvgIpc) is 2.56. The smallest absolute Gasteiger partial charge is 0.123 e. The molecule has 1 fully saturated rings. The van der Waals surface area contributed by atoms with E-state index in [1.54, 1.807) is 23.9 Å². The van der Waals surface area contributed by atoms with Crippen LogP contribution in [0, 0.1) is 11.7 Å². The summed E-state index contributed by atoms with van der Waals surface area (Å²) < 4.78 is 12.9. The molecule has 124 valence electrons. The SMILES string of the molecule is Fc1ccc(S/C=C/C(=Nc2ccccc2)SCC2CCC2)cc1. The van der Waals surface area contributed by atoms with E-state index in [0.29, 0.717) is 0 Å². The largest absolute Gasteiger partial charge is 0.242 e. The number of halogens is 1. The minimum atomic E-state index is -0.203. The van der Waals surface area contributed by atoms with Gasteiger partial charge in [0.2, 0.25) is 0 Å². The molecule has 0 saturated heterocycles. The number of thioether (sulfide) groups is 2. The zero-order chi connectivity index (χ0) is 16.6. The first kappa shape index (κ1) is 17.3. The van der Waals surface area contributed by atoms with E-state index < -0.39 is 0 Å². The molecule has 0 aromatic heterocycles. The number of benzene rings is 2. The second kappa shape index (κ2) is 9.09. The summed E-state index contributed by atoms with van der Waals surface area (Å²) in [6.45, 7) is 0. The van der Waals surface area contributed by atoms with Crippen LogP contribution in [0.1, 0.15) is 19.3 Å². The Hall–Kier alpha value is -1.52. The molecular formula is C20H20FNS2. The van der Waals surface area contributed by atoms with Crippen molar-refractivity contribution >= 4 is 34.3 Å². The molecule has 2 aromatic rings. The lowest BCUT2D eigenvalue weighted by Crippen LogP contribution is -2.14. The third-order valence-corrected chi connectivity index (χ3v) is 5.89. The lowest BCUT2D eigenvalue weighted by molar-refractivity contribution is 0.353. The van der Waals surface area contributed by atoms with Crippen molar-refractivity contribution in [2.24, 2.45) is 10.9 Å². The normalized spacial score (nSPS) is 15.6. The fourth-order valence-corrected chi connectivity index (χ4v) is 4.10. The maximum absolute atomic E-state index is 12.9. The van der Waals surface area contributed by atoms with E-state index >= 15 is 0 Å². The topological polar surface area (TPSA) is 12.4 Å². The monoisotopic (exact) mass is 357 g/mol. The highest BCUT2D eigenvalue weighted by molar-refractivity contribution is 8.14. The summed E-state index contributed by atoms with van der Waals surface area (Å²) in [5.74, 6) is 1.77. The van der Waals surface area contributed by atoms with Gasteiger partial charge in [-0.1, -0.05) is 36.4 Å². The molecular weight excluding hydrogens is 337 g/mol. The number of nitrogens with zero attached hydrogens (tertiary/aromatic N) is 1. The van der Waals surface area contributed by atoms with Crippen LogP contribution in [-0.2, 0) is 0 Å². The van der Waals surface area contributed by atoms with E-state index in [1.807, 2.05) is 47.5 Å². The highest BCUT2D eigenvalue weighted by atomic mass is 32.2. The minimum Gasteiger partial charge on any atom is -0.242 e. The molecule has 1 saturated carbocycles. The summed E-state index contributed by atoms with van der Waals surface area (Å²) in [5.41, 5.74) is 0.977. The lowest BCUT2D eigenvalue weighted by atomic mass is 9.87. The van der Waals surface area contributed by atoms with Crippen molar-refractivity contribution in [3.63, 3.8) is 0 Å². The molecule has 4 heteroatoms. The van der Waals surface area contributed by atoms with Crippen LogP contribution >= 0.6 is 23.5 Å².